The van der Waals surface area contributed by atoms with Gasteiger partial charge < -0.3 is 10.6 Å². The fourth-order valence-corrected chi connectivity index (χ4v) is 2.80. The minimum absolute atomic E-state index is 0.207. The van der Waals surface area contributed by atoms with Gasteiger partial charge in [0.05, 0.1) is 5.41 Å². The van der Waals surface area contributed by atoms with Crippen molar-refractivity contribution in [1.82, 2.24) is 4.90 Å². The van der Waals surface area contributed by atoms with Crippen molar-refractivity contribution < 1.29 is 4.79 Å². The monoisotopic (exact) mass is 274 g/mol. The van der Waals surface area contributed by atoms with Gasteiger partial charge in [-0.1, -0.05) is 30.3 Å². The fourth-order valence-electron chi connectivity index (χ4n) is 2.80. The van der Waals surface area contributed by atoms with Gasteiger partial charge in [-0.15, -0.1) is 0 Å². The predicted octanol–water partition coefficient (Wildman–Crippen LogP) is 2.45. The van der Waals surface area contributed by atoms with E-state index in [1.54, 1.807) is 0 Å². The summed E-state index contributed by atoms with van der Waals surface area (Å²) >= 11 is 0. The van der Waals surface area contributed by atoms with Crippen LogP contribution < -0.4 is 5.73 Å². The maximum Gasteiger partial charge on any atom is 0.229 e. The highest BCUT2D eigenvalue weighted by molar-refractivity contribution is 5.82. The molecule has 1 aromatic rings. The van der Waals surface area contributed by atoms with Crippen LogP contribution in [0, 0.1) is 11.3 Å². The number of nitrogens with two attached hydrogens (primary N) is 1. The van der Waals surface area contributed by atoms with Crippen LogP contribution in [0.4, 0.5) is 0 Å². The van der Waals surface area contributed by atoms with Crippen LogP contribution >= 0.6 is 0 Å². The molecule has 1 heterocycles. The number of hydrogen-bond acceptors (Lipinski definition) is 2. The van der Waals surface area contributed by atoms with Crippen LogP contribution in [-0.4, -0.2) is 30.4 Å². The lowest BCUT2D eigenvalue weighted by Crippen LogP contribution is -2.48. The smallest absolute Gasteiger partial charge is 0.229 e. The first kappa shape index (κ1) is 15.0. The Bertz CT molecular complexity index is 434. The largest absolute Gasteiger partial charge is 0.342 e. The minimum Gasteiger partial charge on any atom is -0.342 e. The van der Waals surface area contributed by atoms with E-state index >= 15 is 0 Å². The Morgan fingerprint density at radius 3 is 2.40 bits per heavy atom. The van der Waals surface area contributed by atoms with E-state index in [4.69, 9.17) is 5.73 Å². The molecule has 0 aromatic heterocycles. The molecule has 1 aliphatic rings. The first-order chi connectivity index (χ1) is 9.53. The molecular formula is C17H26N2O. The summed E-state index contributed by atoms with van der Waals surface area (Å²) in [5.41, 5.74) is 6.67. The van der Waals surface area contributed by atoms with Gasteiger partial charge in [0.1, 0.15) is 0 Å². The topological polar surface area (TPSA) is 46.3 Å². The molecule has 2 rings (SSSR count). The highest BCUT2D eigenvalue weighted by Crippen LogP contribution is 2.25. The summed E-state index contributed by atoms with van der Waals surface area (Å²) in [4.78, 5) is 14.4. The summed E-state index contributed by atoms with van der Waals surface area (Å²) in [6, 6.07) is 10.6. The summed E-state index contributed by atoms with van der Waals surface area (Å²) in [5.74, 6) is 0.903. The fraction of sp³-hybridized carbons (Fsp3) is 0.588. The molecule has 1 saturated heterocycles. The molecular weight excluding hydrogens is 248 g/mol. The number of benzene rings is 1. The molecule has 0 spiro atoms. The standard InChI is InChI=1S/C17H26N2O/c1-17(2,13-18)16(20)19-10-8-15(9-11-19)12-14-6-4-3-5-7-14/h3-7,15H,8-13,18H2,1-2H3. The minimum atomic E-state index is -0.424. The molecule has 3 heteroatoms. The Morgan fingerprint density at radius 2 is 1.85 bits per heavy atom. The molecule has 1 amide bonds. The number of amides is 1. The lowest BCUT2D eigenvalue weighted by Gasteiger charge is -2.36. The van der Waals surface area contributed by atoms with E-state index in [9.17, 15) is 4.79 Å². The van der Waals surface area contributed by atoms with E-state index < -0.39 is 5.41 Å². The molecule has 0 saturated carbocycles. The lowest BCUT2D eigenvalue weighted by molar-refractivity contribution is -0.141. The Balaban J connectivity index is 1.85. The SMILES string of the molecule is CC(C)(CN)C(=O)N1CCC(Cc2ccccc2)CC1. The zero-order valence-corrected chi connectivity index (χ0v) is 12.6. The van der Waals surface area contributed by atoms with Gasteiger partial charge in [-0.2, -0.15) is 0 Å². The second-order valence-corrected chi connectivity index (χ2v) is 6.51. The van der Waals surface area contributed by atoms with Gasteiger partial charge in [0.2, 0.25) is 5.91 Å². The molecule has 1 aliphatic heterocycles. The van der Waals surface area contributed by atoms with Gasteiger partial charge in [-0.05, 0) is 44.6 Å². The van der Waals surface area contributed by atoms with Crippen LogP contribution in [0.25, 0.3) is 0 Å². The van der Waals surface area contributed by atoms with E-state index in [2.05, 4.69) is 30.3 Å². The first-order valence-electron chi connectivity index (χ1n) is 7.56. The molecule has 0 bridgehead atoms. The van der Waals surface area contributed by atoms with E-state index in [0.29, 0.717) is 12.5 Å². The Hall–Kier alpha value is -1.35. The molecule has 20 heavy (non-hydrogen) atoms. The third kappa shape index (κ3) is 3.60. The maximum absolute atomic E-state index is 12.4. The van der Waals surface area contributed by atoms with Crippen LogP contribution in [0.1, 0.15) is 32.3 Å². The molecule has 1 aromatic carbocycles. The van der Waals surface area contributed by atoms with E-state index in [1.807, 2.05) is 18.7 Å². The molecule has 3 nitrogen and oxygen atoms in total. The molecule has 0 aliphatic carbocycles. The van der Waals surface area contributed by atoms with Crippen molar-refractivity contribution in [3.8, 4) is 0 Å². The Morgan fingerprint density at radius 1 is 1.25 bits per heavy atom. The molecule has 0 atom stereocenters. The highest BCUT2D eigenvalue weighted by Gasteiger charge is 2.32. The molecule has 0 unspecified atom stereocenters. The molecule has 0 radical (unpaired) electrons. The number of likely N-dealkylation sites (tertiary alicyclic amines) is 1. The van der Waals surface area contributed by atoms with Crippen molar-refractivity contribution in [1.29, 1.82) is 0 Å². The number of carbonyl (C=O) groups is 1. The zero-order valence-electron chi connectivity index (χ0n) is 12.6. The highest BCUT2D eigenvalue weighted by atomic mass is 16.2. The van der Waals surface area contributed by atoms with Gasteiger partial charge in [-0.25, -0.2) is 0 Å². The summed E-state index contributed by atoms with van der Waals surface area (Å²) in [6.07, 6.45) is 3.33. The molecule has 1 fully saturated rings. The van der Waals surface area contributed by atoms with Gasteiger partial charge >= 0.3 is 0 Å². The second-order valence-electron chi connectivity index (χ2n) is 6.51. The summed E-state index contributed by atoms with van der Waals surface area (Å²) < 4.78 is 0. The molecule has 2 N–H and O–H groups in total. The number of carbonyl (C=O) groups excluding carboxylic acids is 1. The quantitative estimate of drug-likeness (QED) is 0.916. The van der Waals surface area contributed by atoms with Gasteiger partial charge in [-0.3, -0.25) is 4.79 Å². The van der Waals surface area contributed by atoms with E-state index in [-0.39, 0.29) is 5.91 Å². The number of piperidine rings is 1. The van der Waals surface area contributed by atoms with Crippen molar-refractivity contribution in [2.24, 2.45) is 17.1 Å². The van der Waals surface area contributed by atoms with Gasteiger partial charge in [0.15, 0.2) is 0 Å². The predicted molar refractivity (Wildman–Crippen MR) is 82.3 cm³/mol. The van der Waals surface area contributed by atoms with Crippen molar-refractivity contribution >= 4 is 5.91 Å². The van der Waals surface area contributed by atoms with Gasteiger partial charge in [0.25, 0.3) is 0 Å². The van der Waals surface area contributed by atoms with Crippen molar-refractivity contribution in [3.05, 3.63) is 35.9 Å². The summed E-state index contributed by atoms with van der Waals surface area (Å²) in [5, 5.41) is 0. The zero-order chi connectivity index (χ0) is 14.6. The van der Waals surface area contributed by atoms with Crippen molar-refractivity contribution in [3.63, 3.8) is 0 Å². The van der Waals surface area contributed by atoms with Crippen LogP contribution in [0.5, 0.6) is 0 Å². The normalized spacial score (nSPS) is 17.2. The van der Waals surface area contributed by atoms with Crippen LogP contribution in [0.15, 0.2) is 30.3 Å². The van der Waals surface area contributed by atoms with E-state index in [1.165, 1.54) is 5.56 Å². The van der Waals surface area contributed by atoms with Crippen molar-refractivity contribution in [2.75, 3.05) is 19.6 Å². The molecule has 110 valence electrons. The van der Waals surface area contributed by atoms with E-state index in [0.717, 1.165) is 32.4 Å². The van der Waals surface area contributed by atoms with Crippen molar-refractivity contribution in [2.45, 2.75) is 33.1 Å². The Labute approximate surface area is 122 Å². The maximum atomic E-state index is 12.4. The number of rotatable bonds is 4. The summed E-state index contributed by atoms with van der Waals surface area (Å²) in [6.45, 7) is 6.03. The van der Waals surface area contributed by atoms with Crippen LogP contribution in [0.2, 0.25) is 0 Å². The third-order valence-electron chi connectivity index (χ3n) is 4.36. The number of hydrogen-bond donors (Lipinski definition) is 1. The van der Waals surface area contributed by atoms with Gasteiger partial charge in [0, 0.05) is 19.6 Å². The average Bonchev–Trinajstić information content (AvgIpc) is 2.48. The average molecular weight is 274 g/mol. The summed E-state index contributed by atoms with van der Waals surface area (Å²) in [7, 11) is 0. The lowest BCUT2D eigenvalue weighted by atomic mass is 9.87. The first-order valence-corrected chi connectivity index (χ1v) is 7.56. The second kappa shape index (κ2) is 6.40. The number of nitrogens with zero attached hydrogens (tertiary/aromatic N) is 1. The third-order valence-corrected chi connectivity index (χ3v) is 4.36. The van der Waals surface area contributed by atoms with Crippen LogP contribution in [0.3, 0.4) is 0 Å². The van der Waals surface area contributed by atoms with Crippen LogP contribution in [-0.2, 0) is 11.2 Å². The Kier molecular flexibility index (Phi) is 4.81.